The highest BCUT2D eigenvalue weighted by molar-refractivity contribution is 6.31. The van der Waals surface area contributed by atoms with Gasteiger partial charge in [-0.1, -0.05) is 33.6 Å². The summed E-state index contributed by atoms with van der Waals surface area (Å²) in [6, 6.07) is 11.3. The van der Waals surface area contributed by atoms with Crippen LogP contribution in [-0.4, -0.2) is 59.5 Å². The molecule has 1 saturated heterocycles. The summed E-state index contributed by atoms with van der Waals surface area (Å²) in [5.74, 6) is 0. The fourth-order valence-electron chi connectivity index (χ4n) is 3.42. The molecule has 5 rings (SSSR count). The Morgan fingerprint density at radius 1 is 0.741 bits per heavy atom. The van der Waals surface area contributed by atoms with Crippen molar-refractivity contribution in [2.75, 3.05) is 19.8 Å². The Hall–Kier alpha value is -2.26. The van der Waals surface area contributed by atoms with Crippen molar-refractivity contribution >= 4 is 45.3 Å². The predicted octanol–water partition coefficient (Wildman–Crippen LogP) is 2.67. The Kier molecular flexibility index (Phi) is 4.20. The van der Waals surface area contributed by atoms with Gasteiger partial charge in [-0.3, -0.25) is 9.80 Å². The van der Waals surface area contributed by atoms with Gasteiger partial charge in [-0.25, -0.2) is 9.36 Å². The van der Waals surface area contributed by atoms with Crippen molar-refractivity contribution in [3.8, 4) is 0 Å². The zero-order valence-corrected chi connectivity index (χ0v) is 15.8. The first-order valence-electron chi connectivity index (χ1n) is 8.58. The fraction of sp³-hybridized carbons (Fsp3) is 0.294. The molecule has 3 heterocycles. The van der Waals surface area contributed by atoms with Crippen molar-refractivity contribution in [2.24, 2.45) is 0 Å². The number of nitrogens with zero attached hydrogens (tertiary/aromatic N) is 8. The molecule has 0 atom stereocenters. The SMILES string of the molecule is Clc1ccc2c(c1)nnn2CN1CCN(Cn2nnc3cc(Cl)ccc32)C1. The molecule has 0 radical (unpaired) electrons. The van der Waals surface area contributed by atoms with Crippen LogP contribution in [-0.2, 0) is 13.3 Å². The molecule has 2 aromatic carbocycles. The molecular weight excluding hydrogens is 387 g/mol. The lowest BCUT2D eigenvalue weighted by atomic mass is 10.3. The predicted molar refractivity (Wildman–Crippen MR) is 103 cm³/mol. The molecule has 4 aromatic rings. The molecule has 0 aliphatic carbocycles. The Bertz CT molecular complexity index is 1030. The average molecular weight is 403 g/mol. The van der Waals surface area contributed by atoms with Crippen LogP contribution in [0.3, 0.4) is 0 Å². The molecule has 1 fully saturated rings. The van der Waals surface area contributed by atoms with Gasteiger partial charge in [0.05, 0.1) is 31.0 Å². The van der Waals surface area contributed by atoms with Crippen molar-refractivity contribution in [3.63, 3.8) is 0 Å². The number of halogens is 2. The van der Waals surface area contributed by atoms with E-state index in [1.54, 1.807) is 0 Å². The van der Waals surface area contributed by atoms with Gasteiger partial charge >= 0.3 is 0 Å². The first kappa shape index (κ1) is 16.9. The summed E-state index contributed by atoms with van der Waals surface area (Å²) >= 11 is 12.0. The maximum Gasteiger partial charge on any atom is 0.114 e. The lowest BCUT2D eigenvalue weighted by Gasteiger charge is -2.18. The third-order valence-electron chi connectivity index (χ3n) is 4.75. The quantitative estimate of drug-likeness (QED) is 0.522. The van der Waals surface area contributed by atoms with Crippen LogP contribution < -0.4 is 0 Å². The largest absolute Gasteiger partial charge is 0.270 e. The van der Waals surface area contributed by atoms with Crippen LogP contribution in [0.1, 0.15) is 0 Å². The van der Waals surface area contributed by atoms with Crippen LogP contribution in [0.25, 0.3) is 22.1 Å². The van der Waals surface area contributed by atoms with Crippen LogP contribution in [0.5, 0.6) is 0 Å². The minimum absolute atomic E-state index is 0.670. The second-order valence-electron chi connectivity index (χ2n) is 6.66. The van der Waals surface area contributed by atoms with Gasteiger partial charge in [-0.2, -0.15) is 0 Å². The van der Waals surface area contributed by atoms with Gasteiger partial charge in [0.2, 0.25) is 0 Å². The minimum atomic E-state index is 0.670. The number of benzene rings is 2. The normalized spacial score (nSPS) is 16.1. The van der Waals surface area contributed by atoms with E-state index in [-0.39, 0.29) is 0 Å². The maximum absolute atomic E-state index is 6.02. The van der Waals surface area contributed by atoms with E-state index in [1.165, 1.54) is 0 Å². The summed E-state index contributed by atoms with van der Waals surface area (Å²) in [7, 11) is 0. The van der Waals surface area contributed by atoms with Crippen LogP contribution >= 0.6 is 23.2 Å². The lowest BCUT2D eigenvalue weighted by molar-refractivity contribution is 0.174. The summed E-state index contributed by atoms with van der Waals surface area (Å²) in [5, 5.41) is 18.2. The second kappa shape index (κ2) is 6.72. The maximum atomic E-state index is 6.02. The smallest absolute Gasteiger partial charge is 0.114 e. The Balaban J connectivity index is 1.28. The molecule has 10 heteroatoms. The van der Waals surface area contributed by atoms with E-state index in [1.807, 2.05) is 45.8 Å². The van der Waals surface area contributed by atoms with E-state index in [9.17, 15) is 0 Å². The van der Waals surface area contributed by atoms with Gasteiger partial charge in [0.1, 0.15) is 11.0 Å². The monoisotopic (exact) mass is 402 g/mol. The van der Waals surface area contributed by atoms with Gasteiger partial charge in [-0.05, 0) is 36.4 Å². The zero-order chi connectivity index (χ0) is 18.4. The first-order chi connectivity index (χ1) is 13.2. The van der Waals surface area contributed by atoms with Crippen molar-refractivity contribution in [1.29, 1.82) is 0 Å². The third kappa shape index (κ3) is 3.25. The van der Waals surface area contributed by atoms with Crippen LogP contribution in [0.2, 0.25) is 10.0 Å². The minimum Gasteiger partial charge on any atom is -0.270 e. The van der Waals surface area contributed by atoms with E-state index in [4.69, 9.17) is 23.2 Å². The molecule has 0 amide bonds. The van der Waals surface area contributed by atoms with Crippen LogP contribution in [0, 0.1) is 0 Å². The van der Waals surface area contributed by atoms with E-state index < -0.39 is 0 Å². The highest BCUT2D eigenvalue weighted by Gasteiger charge is 2.22. The molecule has 1 aliphatic heterocycles. The van der Waals surface area contributed by atoms with Crippen molar-refractivity contribution in [1.82, 2.24) is 39.8 Å². The van der Waals surface area contributed by atoms with Gasteiger partial charge in [0, 0.05) is 23.1 Å². The zero-order valence-electron chi connectivity index (χ0n) is 14.3. The average Bonchev–Trinajstić information content (AvgIpc) is 3.35. The molecule has 27 heavy (non-hydrogen) atoms. The van der Waals surface area contributed by atoms with Crippen molar-refractivity contribution < 1.29 is 0 Å². The Morgan fingerprint density at radius 3 is 1.70 bits per heavy atom. The summed E-state index contributed by atoms with van der Waals surface area (Å²) in [4.78, 5) is 4.64. The molecule has 0 spiro atoms. The van der Waals surface area contributed by atoms with Crippen LogP contribution in [0.15, 0.2) is 36.4 Å². The van der Waals surface area contributed by atoms with Gasteiger partial charge in [-0.15, -0.1) is 10.2 Å². The highest BCUT2D eigenvalue weighted by Crippen LogP contribution is 2.19. The van der Waals surface area contributed by atoms with Crippen LogP contribution in [0.4, 0.5) is 0 Å². The molecule has 2 aromatic heterocycles. The van der Waals surface area contributed by atoms with Crippen molar-refractivity contribution in [2.45, 2.75) is 13.3 Å². The van der Waals surface area contributed by atoms with Gasteiger partial charge < -0.3 is 0 Å². The van der Waals surface area contributed by atoms with E-state index in [0.717, 1.165) is 41.8 Å². The topological polar surface area (TPSA) is 67.9 Å². The molecule has 138 valence electrons. The molecule has 0 saturated carbocycles. The van der Waals surface area contributed by atoms with Gasteiger partial charge in [0.25, 0.3) is 0 Å². The number of fused-ring (bicyclic) bond motifs is 2. The molecule has 8 nitrogen and oxygen atoms in total. The second-order valence-corrected chi connectivity index (χ2v) is 7.53. The summed E-state index contributed by atoms with van der Waals surface area (Å²) < 4.78 is 3.81. The Labute approximate surface area is 164 Å². The fourth-order valence-corrected chi connectivity index (χ4v) is 3.75. The molecule has 0 N–H and O–H groups in total. The lowest BCUT2D eigenvalue weighted by Crippen LogP contribution is -2.29. The number of aromatic nitrogens is 6. The first-order valence-corrected chi connectivity index (χ1v) is 9.33. The third-order valence-corrected chi connectivity index (χ3v) is 5.22. The summed E-state index contributed by atoms with van der Waals surface area (Å²) in [5.41, 5.74) is 3.59. The van der Waals surface area contributed by atoms with Crippen molar-refractivity contribution in [3.05, 3.63) is 46.4 Å². The molecular formula is C17H16Cl2N8. The number of rotatable bonds is 4. The van der Waals surface area contributed by atoms with E-state index >= 15 is 0 Å². The molecule has 1 aliphatic rings. The van der Waals surface area contributed by atoms with E-state index in [2.05, 4.69) is 30.4 Å². The number of hydrogen-bond donors (Lipinski definition) is 0. The summed E-state index contributed by atoms with van der Waals surface area (Å²) in [6.07, 6.45) is 0. The molecule has 0 unspecified atom stereocenters. The standard InChI is InChI=1S/C17H16Cl2N8/c18-12-1-3-16-14(7-12)20-22-26(16)10-24-5-6-25(9-24)11-27-17-4-2-13(19)8-15(17)21-23-27/h1-4,7-8H,5-6,9-11H2. The van der Waals surface area contributed by atoms with Gasteiger partial charge in [0.15, 0.2) is 0 Å². The summed E-state index contributed by atoms with van der Waals surface area (Å²) in [6.45, 7) is 4.09. The number of hydrogen-bond acceptors (Lipinski definition) is 6. The van der Waals surface area contributed by atoms with E-state index in [0.29, 0.717) is 23.4 Å². The molecule has 0 bridgehead atoms. The highest BCUT2D eigenvalue weighted by atomic mass is 35.5. The Morgan fingerprint density at radius 2 is 1.22 bits per heavy atom.